The van der Waals surface area contributed by atoms with E-state index in [1.807, 2.05) is 49.7 Å². The zero-order chi connectivity index (χ0) is 17.7. The first kappa shape index (κ1) is 21.7. The molecule has 2 aromatic rings. The first-order chi connectivity index (χ1) is 11.4. The summed E-state index contributed by atoms with van der Waals surface area (Å²) in [5.41, 5.74) is 4.29. The van der Waals surface area contributed by atoms with Gasteiger partial charge in [0.25, 0.3) is 6.54 Å². The van der Waals surface area contributed by atoms with Crippen molar-refractivity contribution in [2.45, 2.75) is 47.2 Å². The van der Waals surface area contributed by atoms with Gasteiger partial charge in [0.15, 0.2) is 12.0 Å². The number of aryl methyl sites for hydroxylation is 3. The van der Waals surface area contributed by atoms with Crippen LogP contribution in [0.4, 0.5) is 0 Å². The molecule has 0 N–H and O–H groups in total. The average Bonchev–Trinajstić information content (AvgIpc) is 2.84. The van der Waals surface area contributed by atoms with Crippen LogP contribution in [0.3, 0.4) is 0 Å². The zero-order valence-corrected chi connectivity index (χ0v) is 18.3. The molecular weight excluding hydrogens is 393 g/mol. The predicted molar refractivity (Wildman–Crippen MR) is 90.6 cm³/mol. The van der Waals surface area contributed by atoms with Crippen molar-refractivity contribution < 1.29 is 51.7 Å². The van der Waals surface area contributed by atoms with Crippen molar-refractivity contribution in [1.29, 1.82) is 0 Å². The second-order valence-electron chi connectivity index (χ2n) is 6.00. The van der Waals surface area contributed by atoms with Crippen LogP contribution < -0.4 is 4.68 Å². The summed E-state index contributed by atoms with van der Waals surface area (Å²) in [6, 6.07) is 7.95. The van der Waals surface area contributed by atoms with Crippen LogP contribution in [-0.4, -0.2) is 23.0 Å². The van der Waals surface area contributed by atoms with Gasteiger partial charge in [0.2, 0.25) is 0 Å². The second kappa shape index (κ2) is 9.98. The Balaban J connectivity index is 0.00000312. The second-order valence-corrected chi connectivity index (χ2v) is 6.00. The van der Waals surface area contributed by atoms with Gasteiger partial charge in [-0.1, -0.05) is 18.2 Å². The van der Waals surface area contributed by atoms with Crippen molar-refractivity contribution in [2.24, 2.45) is 0 Å². The first-order valence-corrected chi connectivity index (χ1v) is 8.20. The predicted octanol–water partition coefficient (Wildman–Crippen LogP) is 2.07. The van der Waals surface area contributed by atoms with Crippen LogP contribution in [0.2, 0.25) is 0 Å². The number of aromatic nitrogens is 2. The molecule has 2 rings (SSSR count). The van der Waals surface area contributed by atoms with E-state index in [4.69, 9.17) is 4.74 Å². The summed E-state index contributed by atoms with van der Waals surface area (Å²) >= 11 is 0. The Morgan fingerprint density at radius 1 is 1.12 bits per heavy atom. The Bertz CT molecular complexity index is 733. The van der Waals surface area contributed by atoms with Gasteiger partial charge in [-0.3, -0.25) is 4.79 Å². The zero-order valence-electron chi connectivity index (χ0n) is 15.4. The third kappa shape index (κ3) is 5.86. The Kier molecular flexibility index (Phi) is 8.67. The maximum atomic E-state index is 12.5. The Hall–Kier alpha value is -1.33. The molecule has 0 aliphatic heterocycles. The summed E-state index contributed by atoms with van der Waals surface area (Å²) in [5, 5.41) is 0. The van der Waals surface area contributed by atoms with E-state index < -0.39 is 0 Å². The number of benzene rings is 1. The van der Waals surface area contributed by atoms with Gasteiger partial charge in [-0.15, -0.1) is 4.68 Å². The van der Waals surface area contributed by atoms with Gasteiger partial charge in [-0.25, -0.2) is 4.79 Å². The van der Waals surface area contributed by atoms with Crippen LogP contribution in [-0.2, 0) is 66.5 Å². The van der Waals surface area contributed by atoms with Crippen molar-refractivity contribution in [3.05, 3.63) is 52.8 Å². The molecule has 6 heteroatoms. The van der Waals surface area contributed by atoms with E-state index in [1.165, 1.54) is 0 Å². The van der Waals surface area contributed by atoms with E-state index in [2.05, 4.69) is 0 Å². The fraction of sp³-hybridized carbons (Fsp3) is 0.421. The molecule has 0 saturated heterocycles. The molecule has 1 aromatic carbocycles. The molecule has 0 saturated carbocycles. The van der Waals surface area contributed by atoms with E-state index in [1.54, 1.807) is 17.8 Å². The maximum Gasteiger partial charge on any atom is 0.375 e. The monoisotopic (exact) mass is 418 g/mol. The van der Waals surface area contributed by atoms with Gasteiger partial charge in [-0.05, 0) is 44.4 Å². The molecule has 0 aliphatic rings. The summed E-state index contributed by atoms with van der Waals surface area (Å²) in [7, 11) is 0. The molecule has 131 valence electrons. The van der Waals surface area contributed by atoms with Gasteiger partial charge in [0.05, 0.1) is 12.3 Å². The number of rotatable bonds is 7. The molecule has 5 nitrogen and oxygen atoms in total. The third-order valence-corrected chi connectivity index (χ3v) is 4.15. The van der Waals surface area contributed by atoms with Gasteiger partial charge in [0.1, 0.15) is 6.54 Å². The quantitative estimate of drug-likeness (QED) is 0.511. The maximum absolute atomic E-state index is 12.5. The summed E-state index contributed by atoms with van der Waals surface area (Å²) in [5.74, 6) is -0.187. The average molecular weight is 418 g/mol. The molecule has 0 fully saturated rings. The molecule has 1 heterocycles. The number of carbonyl (C=O) groups excluding carboxylic acids is 2. The number of hydrogen-bond donors (Lipinski definition) is 0. The van der Waals surface area contributed by atoms with Crippen molar-refractivity contribution >= 4 is 11.8 Å². The summed E-state index contributed by atoms with van der Waals surface area (Å²) < 4.78 is 8.54. The Labute approximate surface area is 174 Å². The fourth-order valence-corrected chi connectivity index (χ4v) is 2.80. The SMILES string of the molecule is CCOC(=O)C[n+]1ccc(C)n1CC(=O)Cc1c(C)cccc1C.[Y]. The summed E-state index contributed by atoms with van der Waals surface area (Å²) in [6.07, 6.45) is 2.20. The van der Waals surface area contributed by atoms with Crippen molar-refractivity contribution in [2.75, 3.05) is 6.61 Å². The van der Waals surface area contributed by atoms with Gasteiger partial charge >= 0.3 is 5.97 Å². The van der Waals surface area contributed by atoms with Crippen molar-refractivity contribution in [3.63, 3.8) is 0 Å². The van der Waals surface area contributed by atoms with Crippen LogP contribution >= 0.6 is 0 Å². The smallest absolute Gasteiger partial charge is 0.375 e. The van der Waals surface area contributed by atoms with E-state index in [9.17, 15) is 9.59 Å². The van der Waals surface area contributed by atoms with Crippen LogP contribution in [0.1, 0.15) is 29.3 Å². The minimum atomic E-state index is -0.302. The van der Waals surface area contributed by atoms with E-state index in [0.717, 1.165) is 22.4 Å². The Morgan fingerprint density at radius 3 is 2.36 bits per heavy atom. The largest absolute Gasteiger partial charge is 0.461 e. The van der Waals surface area contributed by atoms with E-state index in [-0.39, 0.29) is 57.6 Å². The molecule has 0 amide bonds. The van der Waals surface area contributed by atoms with E-state index in [0.29, 0.717) is 13.0 Å². The number of hydrogen-bond acceptors (Lipinski definition) is 3. The van der Waals surface area contributed by atoms with Crippen LogP contribution in [0.25, 0.3) is 0 Å². The molecule has 1 aromatic heterocycles. The first-order valence-electron chi connectivity index (χ1n) is 8.20. The van der Waals surface area contributed by atoms with Crippen LogP contribution in [0.5, 0.6) is 0 Å². The minimum absolute atomic E-state index is 0. The number of carbonyl (C=O) groups is 2. The molecule has 1 radical (unpaired) electrons. The number of ketones is 1. The molecule has 25 heavy (non-hydrogen) atoms. The normalized spacial score (nSPS) is 10.2. The standard InChI is InChI=1S/C19H25N2O3.Y/c1-5-24-19(23)13-20-10-9-16(4)21(20)12-17(22)11-18-14(2)7-6-8-15(18)3;/h6-10H,5,11-13H2,1-4H3;/q+1;. The number of Topliss-reactive ketones (excluding diaryl/α,β-unsaturated/α-hetero) is 1. The third-order valence-electron chi connectivity index (χ3n) is 4.15. The molecule has 0 aliphatic carbocycles. The molecule has 0 spiro atoms. The van der Waals surface area contributed by atoms with Crippen molar-refractivity contribution in [3.8, 4) is 0 Å². The molecule has 0 bridgehead atoms. The fourth-order valence-electron chi connectivity index (χ4n) is 2.80. The molecule has 0 atom stereocenters. The number of nitrogens with zero attached hydrogens (tertiary/aromatic N) is 2. The van der Waals surface area contributed by atoms with Gasteiger partial charge < -0.3 is 4.74 Å². The van der Waals surface area contributed by atoms with Gasteiger partial charge in [-0.2, -0.15) is 4.68 Å². The Morgan fingerprint density at radius 2 is 1.76 bits per heavy atom. The molecule has 0 unspecified atom stereocenters. The van der Waals surface area contributed by atoms with Gasteiger partial charge in [0, 0.05) is 45.2 Å². The minimum Gasteiger partial charge on any atom is -0.461 e. The summed E-state index contributed by atoms with van der Waals surface area (Å²) in [6.45, 7) is 8.46. The van der Waals surface area contributed by atoms with Crippen LogP contribution in [0, 0.1) is 20.8 Å². The van der Waals surface area contributed by atoms with Crippen LogP contribution in [0.15, 0.2) is 30.5 Å². The molecular formula is C19H25N2O3Y+. The van der Waals surface area contributed by atoms with E-state index >= 15 is 0 Å². The summed E-state index contributed by atoms with van der Waals surface area (Å²) in [4.78, 5) is 24.2. The van der Waals surface area contributed by atoms with Crippen molar-refractivity contribution in [1.82, 2.24) is 4.68 Å². The topological polar surface area (TPSA) is 52.2 Å². The number of ether oxygens (including phenoxy) is 1. The number of esters is 1.